The van der Waals surface area contributed by atoms with Gasteiger partial charge in [0.2, 0.25) is 5.43 Å². The number of pyridine rings is 1. The van der Waals surface area contributed by atoms with Crippen LogP contribution in [0.15, 0.2) is 41.3 Å². The van der Waals surface area contributed by atoms with Crippen molar-refractivity contribution < 1.29 is 9.53 Å². The molecule has 0 saturated carbocycles. The molecule has 0 atom stereocenters. The van der Waals surface area contributed by atoms with Crippen LogP contribution in [0.1, 0.15) is 35.8 Å². The topological polar surface area (TPSA) is 60.3 Å². The van der Waals surface area contributed by atoms with Crippen LogP contribution >= 0.6 is 0 Å². The average Bonchev–Trinajstić information content (AvgIpc) is 2.49. The Hall–Kier alpha value is -2.56. The molecule has 0 spiro atoms. The molecule has 0 aliphatic rings. The predicted molar refractivity (Wildman–Crippen MR) is 86.7 cm³/mol. The molecular formula is C17H20N2O3. The quantitative estimate of drug-likeness (QED) is 0.944. The van der Waals surface area contributed by atoms with Gasteiger partial charge < -0.3 is 14.6 Å². The minimum Gasteiger partial charge on any atom is -0.491 e. The molecule has 2 rings (SSSR count). The smallest absolute Gasteiger partial charge is 0.272 e. The maximum Gasteiger partial charge on any atom is 0.272 e. The van der Waals surface area contributed by atoms with Crippen molar-refractivity contribution in [3.8, 4) is 5.75 Å². The summed E-state index contributed by atoms with van der Waals surface area (Å²) in [6, 6.07) is 8.93. The third-order valence-corrected chi connectivity index (χ3v) is 3.49. The van der Waals surface area contributed by atoms with Gasteiger partial charge in [-0.2, -0.15) is 0 Å². The second kappa shape index (κ2) is 6.47. The highest BCUT2D eigenvalue weighted by Gasteiger charge is 2.14. The fourth-order valence-electron chi connectivity index (χ4n) is 2.29. The molecule has 116 valence electrons. The van der Waals surface area contributed by atoms with Crippen LogP contribution in [0.2, 0.25) is 0 Å². The molecule has 5 nitrogen and oxygen atoms in total. The number of rotatable bonds is 4. The molecule has 0 aliphatic heterocycles. The summed E-state index contributed by atoms with van der Waals surface area (Å²) in [5, 5.41) is 2.87. The fourth-order valence-corrected chi connectivity index (χ4v) is 2.29. The third kappa shape index (κ3) is 3.19. The van der Waals surface area contributed by atoms with Gasteiger partial charge in [-0.05, 0) is 17.5 Å². The summed E-state index contributed by atoms with van der Waals surface area (Å²) in [6.45, 7) is 4.13. The van der Waals surface area contributed by atoms with E-state index in [2.05, 4.69) is 19.2 Å². The minimum atomic E-state index is -0.324. The number of hydrogen-bond donors (Lipinski definition) is 1. The summed E-state index contributed by atoms with van der Waals surface area (Å²) in [7, 11) is 3.13. The van der Waals surface area contributed by atoms with Crippen LogP contribution < -0.4 is 15.5 Å². The maximum atomic E-state index is 12.4. The van der Waals surface area contributed by atoms with E-state index in [4.69, 9.17) is 4.74 Å². The molecule has 0 radical (unpaired) electrons. The van der Waals surface area contributed by atoms with Crippen molar-refractivity contribution in [2.75, 3.05) is 12.4 Å². The summed E-state index contributed by atoms with van der Waals surface area (Å²) in [6.07, 6.45) is 1.51. The summed E-state index contributed by atoms with van der Waals surface area (Å²) < 4.78 is 6.54. The molecule has 1 aromatic carbocycles. The molecule has 22 heavy (non-hydrogen) atoms. The molecule has 1 N–H and O–H groups in total. The largest absolute Gasteiger partial charge is 0.491 e. The summed E-state index contributed by atoms with van der Waals surface area (Å²) in [5.74, 6) is 0.174. The van der Waals surface area contributed by atoms with Gasteiger partial charge in [0, 0.05) is 18.8 Å². The van der Waals surface area contributed by atoms with Gasteiger partial charge in [-0.3, -0.25) is 9.59 Å². The monoisotopic (exact) mass is 300 g/mol. The summed E-state index contributed by atoms with van der Waals surface area (Å²) >= 11 is 0. The average molecular weight is 300 g/mol. The van der Waals surface area contributed by atoms with Crippen molar-refractivity contribution in [3.05, 3.63) is 58.0 Å². The normalized spacial score (nSPS) is 10.6. The van der Waals surface area contributed by atoms with Crippen molar-refractivity contribution in [2.24, 2.45) is 7.05 Å². The van der Waals surface area contributed by atoms with Crippen molar-refractivity contribution in [3.63, 3.8) is 0 Å². The number of methoxy groups -OCH3 is 1. The van der Waals surface area contributed by atoms with Gasteiger partial charge in [0.15, 0.2) is 5.75 Å². The Morgan fingerprint density at radius 3 is 2.59 bits per heavy atom. The first-order valence-electron chi connectivity index (χ1n) is 7.09. The Balaban J connectivity index is 2.35. The highest BCUT2D eigenvalue weighted by Crippen LogP contribution is 2.24. The van der Waals surface area contributed by atoms with Crippen LogP contribution in [0, 0.1) is 0 Å². The zero-order valence-corrected chi connectivity index (χ0v) is 13.2. The number of nitrogens with zero attached hydrogens (tertiary/aromatic N) is 1. The van der Waals surface area contributed by atoms with Crippen molar-refractivity contribution in [2.45, 2.75) is 19.8 Å². The van der Waals surface area contributed by atoms with E-state index in [1.54, 1.807) is 11.6 Å². The standard InChI is InChI=1S/C17H20N2O3/c1-11(2)12-7-5-6-8-13(12)18-17(21)14-9-15(20)16(22-4)10-19(14)3/h5-11H,1-4H3,(H,18,21). The highest BCUT2D eigenvalue weighted by molar-refractivity contribution is 6.03. The molecule has 2 aromatic rings. The molecule has 1 aromatic heterocycles. The number of para-hydroxylation sites is 1. The van der Waals surface area contributed by atoms with E-state index in [1.165, 1.54) is 19.4 Å². The second-order valence-corrected chi connectivity index (χ2v) is 5.40. The Morgan fingerprint density at radius 2 is 1.95 bits per heavy atom. The number of anilines is 1. The number of hydrogen-bond acceptors (Lipinski definition) is 3. The Kier molecular flexibility index (Phi) is 4.65. The predicted octanol–water partition coefficient (Wildman–Crippen LogP) is 2.77. The molecule has 0 saturated heterocycles. The van der Waals surface area contributed by atoms with Crippen LogP contribution in [0.25, 0.3) is 0 Å². The molecule has 0 fully saturated rings. The van der Waals surface area contributed by atoms with E-state index in [0.717, 1.165) is 11.3 Å². The second-order valence-electron chi connectivity index (χ2n) is 5.40. The van der Waals surface area contributed by atoms with Crippen LogP contribution in [0.4, 0.5) is 5.69 Å². The van der Waals surface area contributed by atoms with E-state index < -0.39 is 0 Å². The van der Waals surface area contributed by atoms with Crippen LogP contribution in [-0.2, 0) is 7.05 Å². The lowest BCUT2D eigenvalue weighted by Gasteiger charge is -2.15. The van der Waals surface area contributed by atoms with Crippen LogP contribution in [0.5, 0.6) is 5.75 Å². The minimum absolute atomic E-state index is 0.210. The van der Waals surface area contributed by atoms with E-state index in [1.807, 2.05) is 24.3 Å². The fraction of sp³-hybridized carbons (Fsp3) is 0.294. The summed E-state index contributed by atoms with van der Waals surface area (Å²) in [4.78, 5) is 24.3. The van der Waals surface area contributed by atoms with Gasteiger partial charge >= 0.3 is 0 Å². The first-order valence-corrected chi connectivity index (χ1v) is 7.09. The van der Waals surface area contributed by atoms with E-state index in [-0.39, 0.29) is 28.7 Å². The lowest BCUT2D eigenvalue weighted by atomic mass is 10.0. The van der Waals surface area contributed by atoms with Crippen LogP contribution in [0.3, 0.4) is 0 Å². The number of carbonyl (C=O) groups is 1. The SMILES string of the molecule is COc1cn(C)c(C(=O)Nc2ccccc2C(C)C)cc1=O. The van der Waals surface area contributed by atoms with Gasteiger partial charge in [-0.1, -0.05) is 32.0 Å². The van der Waals surface area contributed by atoms with Gasteiger partial charge in [-0.15, -0.1) is 0 Å². The van der Waals surface area contributed by atoms with E-state index >= 15 is 0 Å². The molecule has 5 heteroatoms. The Labute approximate surface area is 129 Å². The molecule has 0 aliphatic carbocycles. The first-order chi connectivity index (χ1) is 10.4. The molecule has 1 heterocycles. The maximum absolute atomic E-state index is 12.4. The number of aryl methyl sites for hydroxylation is 1. The Morgan fingerprint density at radius 1 is 1.27 bits per heavy atom. The zero-order valence-electron chi connectivity index (χ0n) is 13.2. The Bertz CT molecular complexity index is 748. The van der Waals surface area contributed by atoms with Crippen molar-refractivity contribution >= 4 is 11.6 Å². The van der Waals surface area contributed by atoms with Gasteiger partial charge in [0.1, 0.15) is 5.69 Å². The highest BCUT2D eigenvalue weighted by atomic mass is 16.5. The van der Waals surface area contributed by atoms with Crippen LogP contribution in [-0.4, -0.2) is 17.6 Å². The van der Waals surface area contributed by atoms with Crippen molar-refractivity contribution in [1.29, 1.82) is 0 Å². The van der Waals surface area contributed by atoms with Crippen molar-refractivity contribution in [1.82, 2.24) is 4.57 Å². The number of nitrogens with one attached hydrogen (secondary N) is 1. The number of benzene rings is 1. The van der Waals surface area contributed by atoms with E-state index in [0.29, 0.717) is 0 Å². The molecule has 1 amide bonds. The third-order valence-electron chi connectivity index (χ3n) is 3.49. The number of aromatic nitrogens is 1. The first kappa shape index (κ1) is 15.8. The number of amides is 1. The van der Waals surface area contributed by atoms with Gasteiger partial charge in [0.05, 0.1) is 13.3 Å². The molecular weight excluding hydrogens is 280 g/mol. The molecule has 0 unspecified atom stereocenters. The lowest BCUT2D eigenvalue weighted by Crippen LogP contribution is -2.22. The zero-order chi connectivity index (χ0) is 16.3. The lowest BCUT2D eigenvalue weighted by molar-refractivity contribution is 0.101. The van der Waals surface area contributed by atoms with E-state index in [9.17, 15) is 9.59 Å². The number of carbonyl (C=O) groups excluding carboxylic acids is 1. The molecule has 0 bridgehead atoms. The number of ether oxygens (including phenoxy) is 1. The summed E-state index contributed by atoms with van der Waals surface area (Å²) in [5.41, 5.74) is 1.77. The van der Waals surface area contributed by atoms with Gasteiger partial charge in [0.25, 0.3) is 5.91 Å². The van der Waals surface area contributed by atoms with Gasteiger partial charge in [-0.25, -0.2) is 0 Å².